The fourth-order valence-corrected chi connectivity index (χ4v) is 1.78. The van der Waals surface area contributed by atoms with Crippen molar-refractivity contribution in [1.82, 2.24) is 0 Å². The summed E-state index contributed by atoms with van der Waals surface area (Å²) in [5.74, 6) is 0.460. The minimum atomic E-state index is -0.660. The molecule has 0 aliphatic carbocycles. The molecule has 1 unspecified atom stereocenters. The zero-order valence-corrected chi connectivity index (χ0v) is 9.88. The number of benzene rings is 1. The van der Waals surface area contributed by atoms with E-state index in [4.69, 9.17) is 10.00 Å². The lowest BCUT2D eigenvalue weighted by Gasteiger charge is -2.13. The molecule has 0 N–H and O–H groups in total. The fourth-order valence-electron chi connectivity index (χ4n) is 1.78. The van der Waals surface area contributed by atoms with E-state index in [2.05, 4.69) is 13.8 Å². The predicted octanol–water partition coefficient (Wildman–Crippen LogP) is 2.66. The molecule has 1 saturated heterocycles. The predicted molar refractivity (Wildman–Crippen MR) is 63.8 cm³/mol. The van der Waals surface area contributed by atoms with Gasteiger partial charge >= 0.3 is 6.09 Å². The lowest BCUT2D eigenvalue weighted by molar-refractivity contribution is 0.162. The molecular weight excluding hydrogens is 216 g/mol. The molecule has 88 valence electrons. The maximum absolute atomic E-state index is 11.5. The molecule has 4 heteroatoms. The van der Waals surface area contributed by atoms with Gasteiger partial charge in [0, 0.05) is 5.69 Å². The molecule has 4 nitrogen and oxygen atoms in total. The van der Waals surface area contributed by atoms with E-state index in [9.17, 15) is 4.79 Å². The number of carbonyl (C=O) groups excluding carboxylic acids is 1. The molecule has 1 heterocycles. The molecule has 1 aliphatic rings. The summed E-state index contributed by atoms with van der Waals surface area (Å²) in [7, 11) is 0. The summed E-state index contributed by atoms with van der Waals surface area (Å²) in [4.78, 5) is 13.0. The minimum absolute atomic E-state index is 0.302. The Labute approximate surface area is 100 Å². The molecule has 0 radical (unpaired) electrons. The van der Waals surface area contributed by atoms with Crippen molar-refractivity contribution < 1.29 is 9.53 Å². The van der Waals surface area contributed by atoms with Crippen LogP contribution in [0.5, 0.6) is 0 Å². The van der Waals surface area contributed by atoms with Crippen molar-refractivity contribution >= 4 is 11.8 Å². The standard InChI is InChI=1S/C13H14N2O2/c1-9(2)10-3-5-11(6-4-10)15-8-12(7-14)17-13(15)16/h3-6,9,12H,8H2,1-2H3. The highest BCUT2D eigenvalue weighted by Crippen LogP contribution is 2.23. The van der Waals surface area contributed by atoms with Gasteiger partial charge in [0.1, 0.15) is 6.07 Å². The van der Waals surface area contributed by atoms with E-state index in [0.717, 1.165) is 5.69 Å². The third-order valence-electron chi connectivity index (χ3n) is 2.83. The molecule has 1 atom stereocenters. The summed E-state index contributed by atoms with van der Waals surface area (Å²) in [5.41, 5.74) is 2.00. The Morgan fingerprint density at radius 2 is 2.06 bits per heavy atom. The highest BCUT2D eigenvalue weighted by Gasteiger charge is 2.32. The van der Waals surface area contributed by atoms with E-state index in [1.165, 1.54) is 10.5 Å². The number of anilines is 1. The Morgan fingerprint density at radius 3 is 2.53 bits per heavy atom. The monoisotopic (exact) mass is 230 g/mol. The molecule has 0 spiro atoms. The Kier molecular flexibility index (Phi) is 3.01. The number of carbonyl (C=O) groups is 1. The maximum atomic E-state index is 11.5. The van der Waals surface area contributed by atoms with Gasteiger partial charge in [0.2, 0.25) is 6.10 Å². The lowest BCUT2D eigenvalue weighted by Crippen LogP contribution is -2.24. The second kappa shape index (κ2) is 4.46. The Morgan fingerprint density at radius 1 is 1.41 bits per heavy atom. The van der Waals surface area contributed by atoms with Crippen LogP contribution in [-0.2, 0) is 4.74 Å². The molecule has 1 aromatic rings. The normalized spacial score (nSPS) is 19.3. The molecule has 0 aromatic heterocycles. The third kappa shape index (κ3) is 2.23. The van der Waals surface area contributed by atoms with Crippen LogP contribution < -0.4 is 4.90 Å². The van der Waals surface area contributed by atoms with Gasteiger partial charge in [0.15, 0.2) is 0 Å². The highest BCUT2D eigenvalue weighted by atomic mass is 16.6. The van der Waals surface area contributed by atoms with Crippen LogP contribution >= 0.6 is 0 Å². The van der Waals surface area contributed by atoms with Crippen LogP contribution in [0.4, 0.5) is 10.5 Å². The average Bonchev–Trinajstić information content (AvgIpc) is 2.71. The van der Waals surface area contributed by atoms with E-state index >= 15 is 0 Å². The highest BCUT2D eigenvalue weighted by molar-refractivity contribution is 5.90. The van der Waals surface area contributed by atoms with Crippen molar-refractivity contribution in [3.05, 3.63) is 29.8 Å². The summed E-state index contributed by atoms with van der Waals surface area (Å²) in [5, 5.41) is 8.71. The van der Waals surface area contributed by atoms with Gasteiger partial charge in [-0.15, -0.1) is 0 Å². The number of amides is 1. The zero-order valence-electron chi connectivity index (χ0n) is 9.88. The first-order valence-corrected chi connectivity index (χ1v) is 5.59. The van der Waals surface area contributed by atoms with Crippen LogP contribution in [0.15, 0.2) is 24.3 Å². The Hall–Kier alpha value is -2.02. The van der Waals surface area contributed by atoms with Crippen molar-refractivity contribution in [3.63, 3.8) is 0 Å². The van der Waals surface area contributed by atoms with Crippen LogP contribution in [0.2, 0.25) is 0 Å². The van der Waals surface area contributed by atoms with Crippen molar-refractivity contribution in [3.8, 4) is 6.07 Å². The first-order chi connectivity index (χ1) is 8.11. The summed E-state index contributed by atoms with van der Waals surface area (Å²) in [6.07, 6.45) is -1.11. The summed E-state index contributed by atoms with van der Waals surface area (Å²) >= 11 is 0. The van der Waals surface area contributed by atoms with Gasteiger partial charge in [-0.3, -0.25) is 4.90 Å². The fraction of sp³-hybridized carbons (Fsp3) is 0.385. The molecule has 1 aliphatic heterocycles. The molecule has 1 aromatic carbocycles. The van der Waals surface area contributed by atoms with E-state index in [-0.39, 0.29) is 0 Å². The van der Waals surface area contributed by atoms with Gasteiger partial charge in [0.05, 0.1) is 6.54 Å². The number of cyclic esters (lactones) is 1. The summed E-state index contributed by atoms with van der Waals surface area (Å²) in [6.45, 7) is 4.53. The van der Waals surface area contributed by atoms with Crippen LogP contribution in [0.3, 0.4) is 0 Å². The number of hydrogen-bond donors (Lipinski definition) is 0. The number of nitrogens with zero attached hydrogens (tertiary/aromatic N) is 2. The van der Waals surface area contributed by atoms with E-state index in [1.54, 1.807) is 0 Å². The second-order valence-corrected chi connectivity index (χ2v) is 4.36. The first kappa shape index (κ1) is 11.5. The van der Waals surface area contributed by atoms with Gasteiger partial charge in [-0.1, -0.05) is 26.0 Å². The topological polar surface area (TPSA) is 53.3 Å². The molecule has 0 saturated carbocycles. The van der Waals surface area contributed by atoms with E-state index < -0.39 is 12.2 Å². The maximum Gasteiger partial charge on any atom is 0.415 e. The Bertz CT molecular complexity index is 459. The van der Waals surface area contributed by atoms with E-state index in [0.29, 0.717) is 12.5 Å². The van der Waals surface area contributed by atoms with Gasteiger partial charge < -0.3 is 4.74 Å². The zero-order chi connectivity index (χ0) is 12.4. The van der Waals surface area contributed by atoms with Gasteiger partial charge in [-0.25, -0.2) is 4.79 Å². The molecule has 1 amide bonds. The summed E-state index contributed by atoms with van der Waals surface area (Å²) in [6, 6.07) is 9.70. The average molecular weight is 230 g/mol. The van der Waals surface area contributed by atoms with Crippen molar-refractivity contribution in [2.75, 3.05) is 11.4 Å². The Balaban J connectivity index is 2.18. The second-order valence-electron chi connectivity index (χ2n) is 4.36. The quantitative estimate of drug-likeness (QED) is 0.784. The SMILES string of the molecule is CC(C)c1ccc(N2CC(C#N)OC2=O)cc1. The van der Waals surface area contributed by atoms with Crippen LogP contribution in [-0.4, -0.2) is 18.7 Å². The van der Waals surface area contributed by atoms with Crippen LogP contribution in [0, 0.1) is 11.3 Å². The van der Waals surface area contributed by atoms with Crippen LogP contribution in [0.25, 0.3) is 0 Å². The van der Waals surface area contributed by atoms with Crippen LogP contribution in [0.1, 0.15) is 25.3 Å². The number of nitriles is 1. The van der Waals surface area contributed by atoms with Crippen molar-refractivity contribution in [1.29, 1.82) is 5.26 Å². The third-order valence-corrected chi connectivity index (χ3v) is 2.83. The largest absolute Gasteiger partial charge is 0.428 e. The molecule has 0 bridgehead atoms. The molecule has 17 heavy (non-hydrogen) atoms. The number of ether oxygens (including phenoxy) is 1. The van der Waals surface area contributed by atoms with Gasteiger partial charge in [-0.2, -0.15) is 5.26 Å². The number of hydrogen-bond acceptors (Lipinski definition) is 3. The van der Waals surface area contributed by atoms with E-state index in [1.807, 2.05) is 30.3 Å². The minimum Gasteiger partial charge on any atom is -0.428 e. The van der Waals surface area contributed by atoms with Gasteiger partial charge in [0.25, 0.3) is 0 Å². The lowest BCUT2D eigenvalue weighted by atomic mass is 10.0. The van der Waals surface area contributed by atoms with Crippen molar-refractivity contribution in [2.24, 2.45) is 0 Å². The van der Waals surface area contributed by atoms with Gasteiger partial charge in [-0.05, 0) is 23.6 Å². The molecular formula is C13H14N2O2. The molecule has 1 fully saturated rings. The first-order valence-electron chi connectivity index (χ1n) is 5.59. The smallest absolute Gasteiger partial charge is 0.415 e. The van der Waals surface area contributed by atoms with Crippen molar-refractivity contribution in [2.45, 2.75) is 25.9 Å². The summed E-state index contributed by atoms with van der Waals surface area (Å²) < 4.78 is 4.88. The molecule has 2 rings (SSSR count). The number of rotatable bonds is 2.